The maximum atomic E-state index is 2.45. The summed E-state index contributed by atoms with van der Waals surface area (Å²) in [5.74, 6) is 0. The Morgan fingerprint density at radius 1 is 0.667 bits per heavy atom. The lowest BCUT2D eigenvalue weighted by Gasteiger charge is -2.34. The van der Waals surface area contributed by atoms with Crippen molar-refractivity contribution in [2.75, 3.05) is 47.8 Å². The average molecular weight is 557 g/mol. The maximum Gasteiger partial charge on any atom is 0.104 e. The van der Waals surface area contributed by atoms with E-state index in [0.717, 1.165) is 11.0 Å². The average Bonchev–Trinajstić information content (AvgIpc) is 2.57. The lowest BCUT2D eigenvalue weighted by Crippen LogP contribution is -3.00. The lowest BCUT2D eigenvalue weighted by atomic mass is 10.2. The molecule has 0 saturated heterocycles. The molecule has 162 valence electrons. The summed E-state index contributed by atoms with van der Waals surface area (Å²) in [6.45, 7) is 12.1. The third-order valence-corrected chi connectivity index (χ3v) is 4.65. The van der Waals surface area contributed by atoms with E-state index in [1.165, 1.54) is 68.2 Å². The molecule has 0 unspecified atom stereocenters. The standard InChI is InChI=1S/C13H30N.C10H16N.BrH.HI/c1-5-8-11-14(4,12-9-6-2)13-10-7-3;1-11(2,3)9-10-7-5-4-6-8-10;;/h5-13H2,1-4H3;4-8H,9H2,1-3H3;2*1H/q2*+1;;/p-2. The predicted octanol–water partition coefficient (Wildman–Crippen LogP) is -0.266. The van der Waals surface area contributed by atoms with Gasteiger partial charge in [0.1, 0.15) is 6.54 Å². The van der Waals surface area contributed by atoms with Gasteiger partial charge >= 0.3 is 0 Å². The molecule has 0 radical (unpaired) electrons. The predicted molar refractivity (Wildman–Crippen MR) is 114 cm³/mol. The Kier molecular flexibility index (Phi) is 21.8. The minimum absolute atomic E-state index is 0. The van der Waals surface area contributed by atoms with Crippen LogP contribution in [0.25, 0.3) is 0 Å². The fraction of sp³-hybridized carbons (Fsp3) is 0.739. The van der Waals surface area contributed by atoms with Gasteiger partial charge in [0.25, 0.3) is 0 Å². The first-order valence-electron chi connectivity index (χ1n) is 10.4. The molecule has 0 atom stereocenters. The second-order valence-corrected chi connectivity index (χ2v) is 8.79. The molecule has 0 bridgehead atoms. The highest BCUT2D eigenvalue weighted by Gasteiger charge is 2.18. The molecule has 0 aromatic heterocycles. The summed E-state index contributed by atoms with van der Waals surface area (Å²) in [6, 6.07) is 10.6. The molecule has 0 N–H and O–H groups in total. The first-order chi connectivity index (χ1) is 11.8. The third-order valence-electron chi connectivity index (χ3n) is 4.65. The largest absolute Gasteiger partial charge is 1.00 e. The fourth-order valence-corrected chi connectivity index (χ4v) is 3.09. The molecule has 0 saturated carbocycles. The number of benzene rings is 1. The zero-order valence-electron chi connectivity index (χ0n) is 19.1. The van der Waals surface area contributed by atoms with Crippen LogP contribution in [-0.2, 0) is 6.54 Å². The molecular formula is C23H46BrIN2. The van der Waals surface area contributed by atoms with Gasteiger partial charge in [-0.2, -0.15) is 0 Å². The molecule has 2 nitrogen and oxygen atoms in total. The van der Waals surface area contributed by atoms with Gasteiger partial charge in [-0.15, -0.1) is 0 Å². The van der Waals surface area contributed by atoms with E-state index in [0.29, 0.717) is 0 Å². The van der Waals surface area contributed by atoms with E-state index in [1.807, 2.05) is 0 Å². The molecule has 4 heteroatoms. The molecule has 1 aromatic rings. The molecule has 0 fully saturated rings. The first-order valence-corrected chi connectivity index (χ1v) is 10.4. The Hall–Kier alpha value is 0.350. The quantitative estimate of drug-likeness (QED) is 0.260. The topological polar surface area (TPSA) is 0 Å². The monoisotopic (exact) mass is 556 g/mol. The SMILES string of the molecule is CCCC[N+](C)(CCCC)CCCC.C[N+](C)(C)Cc1ccccc1.[Br-].[I-]. The van der Waals surface area contributed by atoms with E-state index in [2.05, 4.69) is 79.3 Å². The van der Waals surface area contributed by atoms with Gasteiger partial charge in [-0.05, 0) is 19.3 Å². The van der Waals surface area contributed by atoms with Gasteiger partial charge in [0, 0.05) is 5.56 Å². The molecule has 0 aliphatic carbocycles. The molecule has 0 spiro atoms. The molecule has 1 aromatic carbocycles. The molecule has 0 amide bonds. The van der Waals surface area contributed by atoms with Gasteiger partial charge in [-0.3, -0.25) is 0 Å². The fourth-order valence-electron chi connectivity index (χ4n) is 3.09. The van der Waals surface area contributed by atoms with E-state index in [-0.39, 0.29) is 41.0 Å². The number of unbranched alkanes of at least 4 members (excludes halogenated alkanes) is 3. The van der Waals surface area contributed by atoms with E-state index in [4.69, 9.17) is 0 Å². The third kappa shape index (κ3) is 19.4. The molecular weight excluding hydrogens is 511 g/mol. The van der Waals surface area contributed by atoms with Crippen molar-refractivity contribution in [3.63, 3.8) is 0 Å². The second-order valence-electron chi connectivity index (χ2n) is 8.79. The molecule has 27 heavy (non-hydrogen) atoms. The van der Waals surface area contributed by atoms with Crippen molar-refractivity contribution in [1.82, 2.24) is 0 Å². The number of rotatable bonds is 11. The van der Waals surface area contributed by atoms with Crippen molar-refractivity contribution in [3.8, 4) is 0 Å². The molecule has 0 aliphatic heterocycles. The van der Waals surface area contributed by atoms with Gasteiger partial charge in [0.05, 0.1) is 47.8 Å². The Labute approximate surface area is 198 Å². The summed E-state index contributed by atoms with van der Waals surface area (Å²) in [5, 5.41) is 0. The van der Waals surface area contributed by atoms with Gasteiger partial charge < -0.3 is 49.9 Å². The molecule has 0 aliphatic rings. The molecule has 1 rings (SSSR count). The van der Waals surface area contributed by atoms with Crippen LogP contribution in [-0.4, -0.2) is 56.8 Å². The van der Waals surface area contributed by atoms with Crippen LogP contribution in [0.15, 0.2) is 30.3 Å². The van der Waals surface area contributed by atoms with Crippen LogP contribution >= 0.6 is 0 Å². The van der Waals surface area contributed by atoms with Crippen molar-refractivity contribution in [2.24, 2.45) is 0 Å². The highest BCUT2D eigenvalue weighted by atomic mass is 127. The zero-order chi connectivity index (χ0) is 19.2. The summed E-state index contributed by atoms with van der Waals surface area (Å²) in [6.07, 6.45) is 8.20. The van der Waals surface area contributed by atoms with Gasteiger partial charge in [-0.25, -0.2) is 0 Å². The van der Waals surface area contributed by atoms with E-state index in [9.17, 15) is 0 Å². The summed E-state index contributed by atoms with van der Waals surface area (Å²) < 4.78 is 2.31. The van der Waals surface area contributed by atoms with Crippen LogP contribution in [0.1, 0.15) is 64.9 Å². The van der Waals surface area contributed by atoms with Crippen LogP contribution < -0.4 is 41.0 Å². The minimum Gasteiger partial charge on any atom is -1.00 e. The first kappa shape index (κ1) is 32.0. The zero-order valence-corrected chi connectivity index (χ0v) is 22.9. The summed E-state index contributed by atoms with van der Waals surface area (Å²) in [4.78, 5) is 0. The van der Waals surface area contributed by atoms with Gasteiger partial charge in [-0.1, -0.05) is 70.4 Å². The number of hydrogen-bond donors (Lipinski definition) is 0. The van der Waals surface area contributed by atoms with Crippen LogP contribution in [0.3, 0.4) is 0 Å². The Bertz CT molecular complexity index is 396. The number of nitrogens with zero attached hydrogens (tertiary/aromatic N) is 2. The second kappa shape index (κ2) is 18.4. The van der Waals surface area contributed by atoms with Crippen molar-refractivity contribution >= 4 is 0 Å². The normalized spacial score (nSPS) is 10.9. The minimum atomic E-state index is 0. The summed E-state index contributed by atoms with van der Waals surface area (Å²) >= 11 is 0. The van der Waals surface area contributed by atoms with Crippen LogP contribution in [0.4, 0.5) is 0 Å². The number of halogens is 2. The highest BCUT2D eigenvalue weighted by molar-refractivity contribution is 5.13. The van der Waals surface area contributed by atoms with E-state index >= 15 is 0 Å². The van der Waals surface area contributed by atoms with E-state index in [1.54, 1.807) is 0 Å². The summed E-state index contributed by atoms with van der Waals surface area (Å²) in [7, 11) is 9.05. The lowest BCUT2D eigenvalue weighted by molar-refractivity contribution is -0.910. The Balaban J connectivity index is -0.000000405. The summed E-state index contributed by atoms with van der Waals surface area (Å²) in [5.41, 5.74) is 1.40. The number of hydrogen-bond acceptors (Lipinski definition) is 0. The Morgan fingerprint density at radius 3 is 1.33 bits per heavy atom. The smallest absolute Gasteiger partial charge is 0.104 e. The maximum absolute atomic E-state index is 2.45. The van der Waals surface area contributed by atoms with Crippen molar-refractivity contribution in [3.05, 3.63) is 35.9 Å². The van der Waals surface area contributed by atoms with Gasteiger partial charge in [0.15, 0.2) is 0 Å². The highest BCUT2D eigenvalue weighted by Crippen LogP contribution is 2.10. The van der Waals surface area contributed by atoms with Crippen LogP contribution in [0.5, 0.6) is 0 Å². The van der Waals surface area contributed by atoms with E-state index < -0.39 is 0 Å². The molecule has 0 heterocycles. The van der Waals surface area contributed by atoms with Crippen LogP contribution in [0.2, 0.25) is 0 Å². The van der Waals surface area contributed by atoms with Crippen molar-refractivity contribution < 1.29 is 49.9 Å². The number of quaternary nitrogens is 2. The van der Waals surface area contributed by atoms with Crippen molar-refractivity contribution in [2.45, 2.75) is 65.8 Å². The Morgan fingerprint density at radius 2 is 1.04 bits per heavy atom. The van der Waals surface area contributed by atoms with Crippen LogP contribution in [0, 0.1) is 0 Å². The van der Waals surface area contributed by atoms with Crippen molar-refractivity contribution in [1.29, 1.82) is 0 Å². The van der Waals surface area contributed by atoms with Gasteiger partial charge in [0.2, 0.25) is 0 Å².